The summed E-state index contributed by atoms with van der Waals surface area (Å²) in [6.07, 6.45) is 11.6. The minimum atomic E-state index is 0.582. The Morgan fingerprint density at radius 3 is 1.96 bits per heavy atom. The summed E-state index contributed by atoms with van der Waals surface area (Å²) in [4.78, 5) is 10.1. The van der Waals surface area contributed by atoms with Gasteiger partial charge in [0.15, 0.2) is 17.8 Å². The van der Waals surface area contributed by atoms with Gasteiger partial charge in [0.25, 0.3) is 0 Å². The molecule has 1 rings (SSSR count). The molecule has 1 aromatic carbocycles. The van der Waals surface area contributed by atoms with Crippen molar-refractivity contribution in [3.8, 4) is 17.2 Å². The Kier molecular flexibility index (Phi) is 9.97. The minimum Gasteiger partial charge on any atom is -0.493 e. The average Bonchev–Trinajstić information content (AvgIpc) is 2.60. The second kappa shape index (κ2) is 11.8. The predicted octanol–water partition coefficient (Wildman–Crippen LogP) is 4.79. The first-order valence-corrected chi connectivity index (χ1v) is 8.83. The summed E-state index contributed by atoms with van der Waals surface area (Å²) in [7, 11) is 4.96. The lowest BCUT2D eigenvalue weighted by Crippen LogP contribution is -2.01. The van der Waals surface area contributed by atoms with E-state index in [0.717, 1.165) is 31.4 Å². The summed E-state index contributed by atoms with van der Waals surface area (Å²) in [6, 6.07) is 2.01. The number of rotatable bonds is 13. The average molecular weight is 335 g/mol. The zero-order valence-corrected chi connectivity index (χ0v) is 15.6. The van der Waals surface area contributed by atoms with Crippen molar-refractivity contribution in [1.29, 1.82) is 0 Å². The third-order valence-corrected chi connectivity index (χ3v) is 4.36. The molecule has 1 radical (unpaired) electrons. The fraction of sp³-hybridized carbons (Fsp3) is 0.650. The molecule has 0 unspecified atom stereocenters. The van der Waals surface area contributed by atoms with Gasteiger partial charge in [0, 0.05) is 12.0 Å². The van der Waals surface area contributed by atoms with Crippen molar-refractivity contribution in [1.82, 2.24) is 0 Å². The first-order valence-electron chi connectivity index (χ1n) is 8.83. The van der Waals surface area contributed by atoms with Crippen LogP contribution in [0.1, 0.15) is 62.5 Å². The van der Waals surface area contributed by atoms with Gasteiger partial charge in [0.05, 0.1) is 21.3 Å². The van der Waals surface area contributed by atoms with Crippen LogP contribution < -0.4 is 14.2 Å². The molecule has 24 heavy (non-hydrogen) atoms. The van der Waals surface area contributed by atoms with E-state index in [0.29, 0.717) is 17.9 Å². The summed E-state index contributed by atoms with van der Waals surface area (Å²) in [5, 5.41) is 0. The highest BCUT2D eigenvalue weighted by Gasteiger charge is 2.18. The number of methoxy groups -OCH3 is 3. The summed E-state index contributed by atoms with van der Waals surface area (Å²) in [5.74, 6) is 2.18. The fourth-order valence-electron chi connectivity index (χ4n) is 3.03. The standard InChI is InChI=1S/C20H31O4/c1-16-15-18(22-2)20(24-4)19(23-3)17(16)13-11-9-7-5-6-8-10-12-14-21/h15H,5-13H2,1-4H3. The van der Waals surface area contributed by atoms with E-state index in [4.69, 9.17) is 14.2 Å². The molecule has 0 atom stereocenters. The molecule has 1 aromatic rings. The number of benzene rings is 1. The van der Waals surface area contributed by atoms with Crippen LogP contribution in [-0.4, -0.2) is 27.6 Å². The van der Waals surface area contributed by atoms with Crippen molar-refractivity contribution in [3.05, 3.63) is 17.2 Å². The molecule has 0 N–H and O–H groups in total. The van der Waals surface area contributed by atoms with Crippen LogP contribution in [0, 0.1) is 6.92 Å². The fourth-order valence-corrected chi connectivity index (χ4v) is 3.03. The van der Waals surface area contributed by atoms with Crippen molar-refractivity contribution < 1.29 is 19.0 Å². The van der Waals surface area contributed by atoms with Crippen molar-refractivity contribution in [2.24, 2.45) is 0 Å². The Labute approximate surface area is 146 Å². The maximum absolute atomic E-state index is 10.1. The number of carbonyl (C=O) groups excluding carboxylic acids is 1. The molecule has 0 amide bonds. The van der Waals surface area contributed by atoms with Crippen LogP contribution in [0.2, 0.25) is 0 Å². The van der Waals surface area contributed by atoms with Crippen LogP contribution in [0.25, 0.3) is 0 Å². The van der Waals surface area contributed by atoms with Gasteiger partial charge in [-0.2, -0.15) is 0 Å². The number of hydrogen-bond donors (Lipinski definition) is 0. The van der Waals surface area contributed by atoms with E-state index >= 15 is 0 Å². The SMILES string of the molecule is COc1cc(C)c(CCCCCCCCC[C]=O)c(OC)c1OC. The Morgan fingerprint density at radius 1 is 0.833 bits per heavy atom. The van der Waals surface area contributed by atoms with Crippen molar-refractivity contribution in [3.63, 3.8) is 0 Å². The van der Waals surface area contributed by atoms with Crippen LogP contribution >= 0.6 is 0 Å². The van der Waals surface area contributed by atoms with Gasteiger partial charge in [0.1, 0.15) is 0 Å². The van der Waals surface area contributed by atoms with Crippen molar-refractivity contribution in [2.45, 2.75) is 64.7 Å². The normalized spacial score (nSPS) is 10.5. The first kappa shape index (κ1) is 20.3. The van der Waals surface area contributed by atoms with Gasteiger partial charge >= 0.3 is 0 Å². The lowest BCUT2D eigenvalue weighted by Gasteiger charge is -2.18. The van der Waals surface area contributed by atoms with E-state index in [9.17, 15) is 4.79 Å². The Morgan fingerprint density at radius 2 is 1.42 bits per heavy atom. The third kappa shape index (κ3) is 6.06. The highest BCUT2D eigenvalue weighted by molar-refractivity contribution is 5.59. The Bertz CT molecular complexity index is 497. The summed E-state index contributed by atoms with van der Waals surface area (Å²) < 4.78 is 16.4. The molecule has 4 nitrogen and oxygen atoms in total. The minimum absolute atomic E-state index is 0.582. The molecule has 0 aliphatic carbocycles. The highest BCUT2D eigenvalue weighted by atomic mass is 16.5. The zero-order chi connectivity index (χ0) is 17.8. The van der Waals surface area contributed by atoms with Crippen molar-refractivity contribution >= 4 is 6.29 Å². The summed E-state index contributed by atoms with van der Waals surface area (Å²) in [5.41, 5.74) is 2.38. The van der Waals surface area contributed by atoms with Gasteiger partial charge in [-0.1, -0.05) is 32.1 Å². The van der Waals surface area contributed by atoms with Crippen LogP contribution in [0.15, 0.2) is 6.07 Å². The molecule has 0 saturated carbocycles. The molecule has 0 aromatic heterocycles. The molecular formula is C20H31O4. The Balaban J connectivity index is 2.48. The molecule has 0 saturated heterocycles. The molecule has 135 valence electrons. The van der Waals surface area contributed by atoms with Crippen LogP contribution in [0.4, 0.5) is 0 Å². The summed E-state index contributed by atoms with van der Waals surface area (Å²) >= 11 is 0. The summed E-state index contributed by atoms with van der Waals surface area (Å²) in [6.45, 7) is 2.09. The lowest BCUT2D eigenvalue weighted by molar-refractivity contribution is 0.321. The highest BCUT2D eigenvalue weighted by Crippen LogP contribution is 2.42. The van der Waals surface area contributed by atoms with Gasteiger partial charge in [0.2, 0.25) is 5.75 Å². The van der Waals surface area contributed by atoms with E-state index in [2.05, 4.69) is 6.92 Å². The van der Waals surface area contributed by atoms with Gasteiger partial charge in [-0.05, 0) is 37.8 Å². The topological polar surface area (TPSA) is 44.8 Å². The molecule has 0 spiro atoms. The zero-order valence-electron chi connectivity index (χ0n) is 15.6. The second-order valence-corrected chi connectivity index (χ2v) is 6.06. The molecule has 0 aliphatic rings. The quantitative estimate of drug-likeness (QED) is 0.486. The van der Waals surface area contributed by atoms with Gasteiger partial charge in [-0.15, -0.1) is 0 Å². The molecule has 0 bridgehead atoms. The Hall–Kier alpha value is -1.71. The first-order chi connectivity index (χ1) is 11.7. The van der Waals surface area contributed by atoms with E-state index in [1.54, 1.807) is 21.3 Å². The largest absolute Gasteiger partial charge is 0.493 e. The molecule has 0 aliphatic heterocycles. The molecule has 0 fully saturated rings. The maximum Gasteiger partial charge on any atom is 0.203 e. The van der Waals surface area contributed by atoms with E-state index < -0.39 is 0 Å². The van der Waals surface area contributed by atoms with Gasteiger partial charge in [-0.25, -0.2) is 0 Å². The predicted molar refractivity (Wildman–Crippen MR) is 97.2 cm³/mol. The molecule has 0 heterocycles. The third-order valence-electron chi connectivity index (χ3n) is 4.36. The molecule has 4 heteroatoms. The lowest BCUT2D eigenvalue weighted by atomic mass is 9.99. The monoisotopic (exact) mass is 335 g/mol. The number of unbranched alkanes of at least 4 members (excludes halogenated alkanes) is 7. The second-order valence-electron chi connectivity index (χ2n) is 6.06. The van der Waals surface area contributed by atoms with E-state index in [1.165, 1.54) is 36.8 Å². The van der Waals surface area contributed by atoms with E-state index in [1.807, 2.05) is 12.4 Å². The van der Waals surface area contributed by atoms with Crippen LogP contribution in [0.3, 0.4) is 0 Å². The van der Waals surface area contributed by atoms with Crippen LogP contribution in [-0.2, 0) is 11.2 Å². The van der Waals surface area contributed by atoms with E-state index in [-0.39, 0.29) is 0 Å². The maximum atomic E-state index is 10.1. The van der Waals surface area contributed by atoms with Crippen molar-refractivity contribution in [2.75, 3.05) is 21.3 Å². The number of ether oxygens (including phenoxy) is 3. The van der Waals surface area contributed by atoms with Gasteiger partial charge in [-0.3, -0.25) is 4.79 Å². The number of aryl methyl sites for hydroxylation is 1. The molecular weight excluding hydrogens is 304 g/mol. The van der Waals surface area contributed by atoms with Crippen LogP contribution in [0.5, 0.6) is 17.2 Å². The number of hydrogen-bond acceptors (Lipinski definition) is 4. The van der Waals surface area contributed by atoms with Gasteiger partial charge < -0.3 is 14.2 Å². The smallest absolute Gasteiger partial charge is 0.203 e.